The van der Waals surface area contributed by atoms with Gasteiger partial charge in [0.05, 0.1) is 5.57 Å². The highest BCUT2D eigenvalue weighted by molar-refractivity contribution is 5.96. The van der Waals surface area contributed by atoms with Crippen molar-refractivity contribution in [3.05, 3.63) is 42.7 Å². The number of ether oxygens (including phenoxy) is 1. The molecule has 1 aliphatic heterocycles. The Morgan fingerprint density at radius 2 is 1.96 bits per heavy atom. The highest BCUT2D eigenvalue weighted by atomic mass is 19.4. The minimum Gasteiger partial charge on any atom is -0.490 e. The lowest BCUT2D eigenvalue weighted by Gasteiger charge is -2.26. The number of hydrogen-bond donors (Lipinski definition) is 1. The molecule has 1 fully saturated rings. The Hall–Kier alpha value is -2.08. The summed E-state index contributed by atoms with van der Waals surface area (Å²) in [6, 6.07) is 4.88. The molecule has 0 saturated carbocycles. The topological polar surface area (TPSA) is 34.1 Å². The van der Waals surface area contributed by atoms with Crippen molar-refractivity contribution >= 4 is 16.3 Å². The number of nitrogens with zero attached hydrogens (tertiary/aromatic N) is 1. The van der Waals surface area contributed by atoms with Crippen LogP contribution in [-0.4, -0.2) is 30.4 Å². The fraction of sp³-hybridized carbons (Fsp3) is 0.353. The van der Waals surface area contributed by atoms with Crippen LogP contribution >= 0.6 is 0 Å². The number of pyridine rings is 1. The normalized spacial score (nSPS) is 16.5. The number of piperidine rings is 1. The number of alkyl halides is 3. The maximum atomic E-state index is 13.2. The average molecular weight is 322 g/mol. The van der Waals surface area contributed by atoms with Gasteiger partial charge in [-0.05, 0) is 49.5 Å². The molecule has 0 aliphatic carbocycles. The maximum absolute atomic E-state index is 13.2. The van der Waals surface area contributed by atoms with E-state index < -0.39 is 11.7 Å². The number of benzene rings is 1. The minimum atomic E-state index is -4.51. The van der Waals surface area contributed by atoms with Crippen LogP contribution in [0.25, 0.3) is 16.3 Å². The molecule has 0 amide bonds. The van der Waals surface area contributed by atoms with Gasteiger partial charge in [-0.3, -0.25) is 4.98 Å². The molecule has 3 nitrogen and oxygen atoms in total. The third kappa shape index (κ3) is 3.32. The Morgan fingerprint density at radius 3 is 2.65 bits per heavy atom. The lowest BCUT2D eigenvalue weighted by atomic mass is 9.98. The average Bonchev–Trinajstić information content (AvgIpc) is 2.54. The van der Waals surface area contributed by atoms with Crippen LogP contribution in [0, 0.1) is 0 Å². The summed E-state index contributed by atoms with van der Waals surface area (Å²) in [5, 5.41) is 4.29. The molecule has 0 unspecified atom stereocenters. The summed E-state index contributed by atoms with van der Waals surface area (Å²) in [5.41, 5.74) is -0.880. The lowest BCUT2D eigenvalue weighted by molar-refractivity contribution is -0.0687. The van der Waals surface area contributed by atoms with Crippen molar-refractivity contribution in [1.82, 2.24) is 10.3 Å². The summed E-state index contributed by atoms with van der Waals surface area (Å²) >= 11 is 0. The Labute approximate surface area is 132 Å². The molecule has 2 heterocycles. The molecular weight excluding hydrogens is 305 g/mol. The Bertz CT molecular complexity index is 721. The van der Waals surface area contributed by atoms with Gasteiger partial charge in [0.1, 0.15) is 11.9 Å². The fourth-order valence-corrected chi connectivity index (χ4v) is 2.79. The smallest absolute Gasteiger partial charge is 0.416 e. The molecule has 2 aromatic rings. The minimum absolute atomic E-state index is 0.0101. The summed E-state index contributed by atoms with van der Waals surface area (Å²) < 4.78 is 45.6. The lowest BCUT2D eigenvalue weighted by Crippen LogP contribution is -2.34. The molecule has 0 radical (unpaired) electrons. The second-order valence-corrected chi connectivity index (χ2v) is 5.58. The number of rotatable bonds is 3. The van der Waals surface area contributed by atoms with Crippen molar-refractivity contribution in [3.63, 3.8) is 0 Å². The van der Waals surface area contributed by atoms with E-state index in [9.17, 15) is 13.2 Å². The first kappa shape index (κ1) is 15.8. The SMILES string of the molecule is C=C(c1c(OC2CCNCC2)ccc2cnccc12)C(F)(F)F. The van der Waals surface area contributed by atoms with E-state index >= 15 is 0 Å². The predicted octanol–water partition coefficient (Wildman–Crippen LogP) is 3.94. The molecule has 1 saturated heterocycles. The van der Waals surface area contributed by atoms with Crippen LogP contribution in [-0.2, 0) is 0 Å². The summed E-state index contributed by atoms with van der Waals surface area (Å²) in [5.74, 6) is 0.234. The number of hydrogen-bond acceptors (Lipinski definition) is 3. The zero-order valence-electron chi connectivity index (χ0n) is 12.5. The van der Waals surface area contributed by atoms with Crippen LogP contribution in [0.1, 0.15) is 18.4 Å². The molecule has 0 bridgehead atoms. The number of nitrogens with one attached hydrogen (secondary N) is 1. The number of fused-ring (bicyclic) bond motifs is 1. The van der Waals surface area contributed by atoms with Crippen molar-refractivity contribution in [3.8, 4) is 5.75 Å². The van der Waals surface area contributed by atoms with Crippen molar-refractivity contribution < 1.29 is 17.9 Å². The van der Waals surface area contributed by atoms with Crippen LogP contribution in [0.4, 0.5) is 13.2 Å². The molecule has 6 heteroatoms. The van der Waals surface area contributed by atoms with Crippen molar-refractivity contribution in [1.29, 1.82) is 0 Å². The molecule has 1 aromatic heterocycles. The van der Waals surface area contributed by atoms with Crippen LogP contribution in [0.2, 0.25) is 0 Å². The Morgan fingerprint density at radius 1 is 1.22 bits per heavy atom. The molecular formula is C17H17F3N2O. The summed E-state index contributed by atoms with van der Waals surface area (Å²) in [7, 11) is 0. The highest BCUT2D eigenvalue weighted by Crippen LogP contribution is 2.41. The molecule has 23 heavy (non-hydrogen) atoms. The predicted molar refractivity (Wildman–Crippen MR) is 83.4 cm³/mol. The Balaban J connectivity index is 2.07. The summed E-state index contributed by atoms with van der Waals surface area (Å²) in [6.45, 7) is 4.87. The molecule has 1 aromatic carbocycles. The van der Waals surface area contributed by atoms with Crippen molar-refractivity contribution in [2.75, 3.05) is 13.1 Å². The van der Waals surface area contributed by atoms with Gasteiger partial charge < -0.3 is 10.1 Å². The van der Waals surface area contributed by atoms with Crippen LogP contribution in [0.5, 0.6) is 5.75 Å². The number of allylic oxidation sites excluding steroid dienone is 1. The first-order chi connectivity index (χ1) is 11.0. The van der Waals surface area contributed by atoms with Crippen molar-refractivity contribution in [2.45, 2.75) is 25.1 Å². The monoisotopic (exact) mass is 322 g/mol. The van der Waals surface area contributed by atoms with E-state index in [2.05, 4.69) is 16.9 Å². The van der Waals surface area contributed by atoms with E-state index in [4.69, 9.17) is 4.74 Å². The zero-order chi connectivity index (χ0) is 16.4. The molecule has 0 spiro atoms. The maximum Gasteiger partial charge on any atom is 0.416 e. The fourth-order valence-electron chi connectivity index (χ4n) is 2.79. The van der Waals surface area contributed by atoms with Gasteiger partial charge in [0.25, 0.3) is 0 Å². The first-order valence-corrected chi connectivity index (χ1v) is 7.47. The third-order valence-corrected chi connectivity index (χ3v) is 4.01. The molecule has 3 rings (SSSR count). The van der Waals surface area contributed by atoms with Crippen molar-refractivity contribution in [2.24, 2.45) is 0 Å². The van der Waals surface area contributed by atoms with Crippen LogP contribution in [0.15, 0.2) is 37.2 Å². The molecule has 1 N–H and O–H groups in total. The van der Waals surface area contributed by atoms with Gasteiger partial charge in [-0.2, -0.15) is 13.2 Å². The second-order valence-electron chi connectivity index (χ2n) is 5.58. The van der Waals surface area contributed by atoms with Gasteiger partial charge in [0.2, 0.25) is 0 Å². The zero-order valence-corrected chi connectivity index (χ0v) is 12.5. The van der Waals surface area contributed by atoms with E-state index in [-0.39, 0.29) is 17.4 Å². The van der Waals surface area contributed by atoms with Gasteiger partial charge >= 0.3 is 6.18 Å². The van der Waals surface area contributed by atoms with E-state index in [1.54, 1.807) is 18.2 Å². The molecule has 1 aliphatic rings. The van der Waals surface area contributed by atoms with E-state index in [0.29, 0.717) is 10.8 Å². The van der Waals surface area contributed by atoms with Crippen LogP contribution < -0.4 is 10.1 Å². The van der Waals surface area contributed by atoms with Gasteiger partial charge in [-0.1, -0.05) is 6.58 Å². The highest BCUT2D eigenvalue weighted by Gasteiger charge is 2.36. The summed E-state index contributed by atoms with van der Waals surface area (Å²) in [6.07, 6.45) is -0.0430. The van der Waals surface area contributed by atoms with Gasteiger partial charge in [-0.25, -0.2) is 0 Å². The second kappa shape index (κ2) is 6.20. The molecule has 122 valence electrons. The standard InChI is InChI=1S/C17H17F3N2O/c1-11(17(18,19)20)16-14-6-9-22-10-12(14)2-3-15(16)23-13-4-7-21-8-5-13/h2-3,6,9-10,13,21H,1,4-5,7-8H2. The van der Waals surface area contributed by atoms with Crippen LogP contribution in [0.3, 0.4) is 0 Å². The summed E-state index contributed by atoms with van der Waals surface area (Å²) in [4.78, 5) is 3.96. The van der Waals surface area contributed by atoms with Gasteiger partial charge in [0.15, 0.2) is 0 Å². The van der Waals surface area contributed by atoms with Gasteiger partial charge in [-0.15, -0.1) is 0 Å². The van der Waals surface area contributed by atoms with E-state index in [0.717, 1.165) is 25.9 Å². The number of halogens is 3. The third-order valence-electron chi connectivity index (χ3n) is 4.01. The quantitative estimate of drug-likeness (QED) is 0.929. The number of aromatic nitrogens is 1. The Kier molecular flexibility index (Phi) is 4.26. The van der Waals surface area contributed by atoms with Gasteiger partial charge in [0, 0.05) is 23.3 Å². The largest absolute Gasteiger partial charge is 0.490 e. The van der Waals surface area contributed by atoms with E-state index in [1.807, 2.05) is 0 Å². The van der Waals surface area contributed by atoms with E-state index in [1.165, 1.54) is 12.4 Å². The molecule has 0 atom stereocenters. The first-order valence-electron chi connectivity index (χ1n) is 7.47.